The summed E-state index contributed by atoms with van der Waals surface area (Å²) in [5, 5.41) is 10.9. The summed E-state index contributed by atoms with van der Waals surface area (Å²) in [6.45, 7) is 4.69. The number of carbonyl (C=O) groups excluding carboxylic acids is 2. The third kappa shape index (κ3) is 5.54. The molecule has 0 radical (unpaired) electrons. The second-order valence-corrected chi connectivity index (χ2v) is 5.61. The van der Waals surface area contributed by atoms with Gasteiger partial charge in [0.1, 0.15) is 5.60 Å². The number of imide groups is 1. The van der Waals surface area contributed by atoms with E-state index in [0.717, 1.165) is 0 Å². The van der Waals surface area contributed by atoms with Crippen molar-refractivity contribution in [1.29, 1.82) is 0 Å². The molecule has 0 saturated heterocycles. The van der Waals surface area contributed by atoms with Crippen LogP contribution in [0.2, 0.25) is 0 Å². The molecule has 0 aliphatic rings. The fourth-order valence-corrected chi connectivity index (χ4v) is 1.49. The molecule has 1 aromatic heterocycles. The molecule has 0 bridgehead atoms. The van der Waals surface area contributed by atoms with E-state index in [1.165, 1.54) is 6.07 Å². The Labute approximate surface area is 124 Å². The second-order valence-electron chi connectivity index (χ2n) is 4.75. The van der Waals surface area contributed by atoms with Gasteiger partial charge < -0.3 is 14.6 Å². The number of hydrogen-bond donors (Lipinski definition) is 2. The van der Waals surface area contributed by atoms with Crippen LogP contribution in [0.1, 0.15) is 26.5 Å². The van der Waals surface area contributed by atoms with Crippen LogP contribution in [0.25, 0.3) is 0 Å². The monoisotopic (exact) mass is 346 g/mol. The fourth-order valence-electron chi connectivity index (χ4n) is 1.14. The first-order valence-corrected chi connectivity index (χ1v) is 6.48. The van der Waals surface area contributed by atoms with E-state index in [4.69, 9.17) is 14.6 Å². The van der Waals surface area contributed by atoms with Gasteiger partial charge in [0, 0.05) is 10.5 Å². The summed E-state index contributed by atoms with van der Waals surface area (Å²) in [6.07, 6.45) is -1.93. The number of hydrogen-bond acceptors (Lipinski definition) is 6. The molecule has 0 fully saturated rings. The highest BCUT2D eigenvalue weighted by Gasteiger charge is 2.19. The summed E-state index contributed by atoms with van der Waals surface area (Å²) in [5.74, 6) is -0.0432. The lowest BCUT2D eigenvalue weighted by Gasteiger charge is -2.18. The van der Waals surface area contributed by atoms with Crippen LogP contribution in [0.15, 0.2) is 16.6 Å². The highest BCUT2D eigenvalue weighted by Crippen LogP contribution is 2.18. The first-order chi connectivity index (χ1) is 9.21. The molecule has 7 nitrogen and oxygen atoms in total. The number of nitrogens with one attached hydrogen (secondary N) is 1. The summed E-state index contributed by atoms with van der Waals surface area (Å²) >= 11 is 3.18. The minimum absolute atomic E-state index is 0.0432. The van der Waals surface area contributed by atoms with Gasteiger partial charge in [-0.15, -0.1) is 0 Å². The van der Waals surface area contributed by atoms with Crippen LogP contribution >= 0.6 is 15.9 Å². The van der Waals surface area contributed by atoms with Crippen LogP contribution in [0.5, 0.6) is 5.88 Å². The first kappa shape index (κ1) is 16.4. The normalized spacial score (nSPS) is 10.8. The van der Waals surface area contributed by atoms with Gasteiger partial charge in [-0.25, -0.2) is 19.9 Å². The fraction of sp³-hybridized carbons (Fsp3) is 0.417. The number of rotatable bonds is 2. The summed E-state index contributed by atoms with van der Waals surface area (Å²) < 4.78 is 10.3. The Bertz CT molecular complexity index is 513. The summed E-state index contributed by atoms with van der Waals surface area (Å²) in [4.78, 5) is 26.7. The van der Waals surface area contributed by atoms with Gasteiger partial charge in [-0.05, 0) is 42.8 Å². The van der Waals surface area contributed by atoms with Gasteiger partial charge in [0.15, 0.2) is 0 Å². The molecule has 2 N–H and O–H groups in total. The number of carbonyl (C=O) groups is 2. The van der Waals surface area contributed by atoms with E-state index in [-0.39, 0.29) is 12.5 Å². The molecule has 2 amide bonds. The van der Waals surface area contributed by atoms with Crippen molar-refractivity contribution < 1.29 is 24.2 Å². The molecular weight excluding hydrogens is 332 g/mol. The van der Waals surface area contributed by atoms with Crippen molar-refractivity contribution in [3.63, 3.8) is 0 Å². The molecule has 8 heteroatoms. The van der Waals surface area contributed by atoms with E-state index in [2.05, 4.69) is 20.9 Å². The zero-order valence-corrected chi connectivity index (χ0v) is 12.9. The Morgan fingerprint density at radius 1 is 1.35 bits per heavy atom. The molecule has 0 aliphatic heterocycles. The predicted octanol–water partition coefficient (Wildman–Crippen LogP) is 2.36. The minimum atomic E-state index is -1.02. The summed E-state index contributed by atoms with van der Waals surface area (Å²) in [5.41, 5.74) is -0.405. The topological polar surface area (TPSA) is 97.8 Å². The van der Waals surface area contributed by atoms with Crippen LogP contribution in [0.3, 0.4) is 0 Å². The van der Waals surface area contributed by atoms with Crippen LogP contribution < -0.4 is 10.1 Å². The predicted molar refractivity (Wildman–Crippen MR) is 73.3 cm³/mol. The van der Waals surface area contributed by atoms with Gasteiger partial charge in [0.05, 0.1) is 12.3 Å². The number of amides is 2. The van der Waals surface area contributed by atoms with Crippen LogP contribution in [-0.2, 0) is 11.3 Å². The maximum absolute atomic E-state index is 11.4. The maximum Gasteiger partial charge on any atom is 0.423 e. The second kappa shape index (κ2) is 6.67. The van der Waals surface area contributed by atoms with E-state index < -0.39 is 17.8 Å². The van der Waals surface area contributed by atoms with Crippen molar-refractivity contribution in [3.05, 3.63) is 22.3 Å². The van der Waals surface area contributed by atoms with E-state index >= 15 is 0 Å². The lowest BCUT2D eigenvalue weighted by molar-refractivity contribution is 0.0533. The van der Waals surface area contributed by atoms with E-state index in [1.54, 1.807) is 26.8 Å². The smallest absolute Gasteiger partial charge is 0.423 e. The van der Waals surface area contributed by atoms with Gasteiger partial charge in [0.2, 0.25) is 5.88 Å². The molecule has 110 valence electrons. The average molecular weight is 347 g/mol. The minimum Gasteiger partial charge on any atom is -0.443 e. The molecule has 0 aromatic carbocycles. The van der Waals surface area contributed by atoms with Crippen molar-refractivity contribution in [2.24, 2.45) is 0 Å². The van der Waals surface area contributed by atoms with E-state index in [0.29, 0.717) is 10.2 Å². The quantitative estimate of drug-likeness (QED) is 0.852. The Morgan fingerprint density at radius 2 is 2.00 bits per heavy atom. The average Bonchev–Trinajstić information content (AvgIpc) is 2.28. The standard InChI is InChI=1S/C12H15BrN2O5/c1-12(2,3)20-11(18)15-10(17)19-9-5-4-7(13)8(6-16)14-9/h4-5,16H,6H2,1-3H3,(H,15,17,18). The molecule has 0 aliphatic carbocycles. The Kier molecular flexibility index (Phi) is 5.46. The zero-order chi connectivity index (χ0) is 15.3. The highest BCUT2D eigenvalue weighted by atomic mass is 79.9. The molecular formula is C12H15BrN2O5. The van der Waals surface area contributed by atoms with Gasteiger partial charge >= 0.3 is 12.2 Å². The number of pyridine rings is 1. The van der Waals surface area contributed by atoms with Crippen LogP contribution in [-0.4, -0.2) is 27.9 Å². The zero-order valence-electron chi connectivity index (χ0n) is 11.3. The van der Waals surface area contributed by atoms with Gasteiger partial charge in [0.25, 0.3) is 0 Å². The third-order valence-corrected chi connectivity index (χ3v) is 2.57. The van der Waals surface area contributed by atoms with Gasteiger partial charge in [-0.3, -0.25) is 0 Å². The number of aliphatic hydroxyl groups excluding tert-OH is 1. The molecule has 20 heavy (non-hydrogen) atoms. The van der Waals surface area contributed by atoms with Gasteiger partial charge in [-0.1, -0.05) is 0 Å². The number of aliphatic hydroxyl groups is 1. The lowest BCUT2D eigenvalue weighted by Crippen LogP contribution is -2.38. The molecule has 0 atom stereocenters. The van der Waals surface area contributed by atoms with Crippen LogP contribution in [0, 0.1) is 0 Å². The molecule has 0 unspecified atom stereocenters. The number of alkyl carbamates (subject to hydrolysis) is 1. The number of nitrogens with zero attached hydrogens (tertiary/aromatic N) is 1. The van der Waals surface area contributed by atoms with Crippen LogP contribution in [0.4, 0.5) is 9.59 Å². The Hall–Kier alpha value is -1.67. The first-order valence-electron chi connectivity index (χ1n) is 5.69. The molecule has 0 saturated carbocycles. The molecule has 1 aromatic rings. The van der Waals surface area contributed by atoms with Gasteiger partial charge in [-0.2, -0.15) is 0 Å². The lowest BCUT2D eigenvalue weighted by atomic mass is 10.2. The van der Waals surface area contributed by atoms with Crippen molar-refractivity contribution in [1.82, 2.24) is 10.3 Å². The van der Waals surface area contributed by atoms with Crippen molar-refractivity contribution in [2.75, 3.05) is 0 Å². The highest BCUT2D eigenvalue weighted by molar-refractivity contribution is 9.10. The van der Waals surface area contributed by atoms with Crippen molar-refractivity contribution >= 4 is 28.1 Å². The maximum atomic E-state index is 11.4. The largest absolute Gasteiger partial charge is 0.443 e. The van der Waals surface area contributed by atoms with Crippen molar-refractivity contribution in [2.45, 2.75) is 33.0 Å². The summed E-state index contributed by atoms with van der Waals surface area (Å²) in [7, 11) is 0. The number of ether oxygens (including phenoxy) is 2. The number of halogens is 1. The number of aromatic nitrogens is 1. The molecule has 1 heterocycles. The van der Waals surface area contributed by atoms with E-state index in [1.807, 2.05) is 5.32 Å². The Morgan fingerprint density at radius 3 is 2.55 bits per heavy atom. The molecule has 1 rings (SSSR count). The van der Waals surface area contributed by atoms with Crippen molar-refractivity contribution in [3.8, 4) is 5.88 Å². The van der Waals surface area contributed by atoms with E-state index in [9.17, 15) is 9.59 Å². The third-order valence-electron chi connectivity index (χ3n) is 1.84. The Balaban J connectivity index is 2.61. The molecule has 0 spiro atoms. The summed E-state index contributed by atoms with van der Waals surface area (Å²) in [6, 6.07) is 2.98. The SMILES string of the molecule is CC(C)(C)OC(=O)NC(=O)Oc1ccc(Br)c(CO)n1.